The van der Waals surface area contributed by atoms with Crippen LogP contribution in [0.15, 0.2) is 39.5 Å². The van der Waals surface area contributed by atoms with Crippen LogP contribution in [-0.4, -0.2) is 31.8 Å². The van der Waals surface area contributed by atoms with Crippen molar-refractivity contribution in [1.82, 2.24) is 4.31 Å². The highest BCUT2D eigenvalue weighted by Crippen LogP contribution is 2.27. The van der Waals surface area contributed by atoms with E-state index in [1.807, 2.05) is 32.0 Å². The molecule has 3 rings (SSSR count). The van der Waals surface area contributed by atoms with Gasteiger partial charge in [-0.2, -0.15) is 4.31 Å². The summed E-state index contributed by atoms with van der Waals surface area (Å²) in [6, 6.07) is 9.59. The Hall–Kier alpha value is -1.90. The van der Waals surface area contributed by atoms with Crippen LogP contribution in [0, 0.1) is 13.8 Å². The first-order valence-electron chi connectivity index (χ1n) is 9.09. The van der Waals surface area contributed by atoms with Crippen LogP contribution in [-0.2, 0) is 16.6 Å². The molecule has 0 atom stereocenters. The molecule has 1 aromatic carbocycles. The monoisotopic (exact) mass is 406 g/mol. The fourth-order valence-corrected chi connectivity index (χ4v) is 6.16. The fourth-order valence-electron chi connectivity index (χ4n) is 3.21. The van der Waals surface area contributed by atoms with Gasteiger partial charge >= 0.3 is 0 Å². The summed E-state index contributed by atoms with van der Waals surface area (Å²) in [6.07, 6.45) is 2.97. The van der Waals surface area contributed by atoms with Gasteiger partial charge < -0.3 is 11.1 Å². The third kappa shape index (κ3) is 5.09. The Morgan fingerprint density at radius 3 is 2.48 bits per heavy atom. The topological polar surface area (TPSA) is 87.8 Å². The Bertz CT molecular complexity index is 909. The normalized spacial score (nSPS) is 16.4. The number of aliphatic imine (C=N–C) groups is 1. The average molecular weight is 407 g/mol. The van der Waals surface area contributed by atoms with Gasteiger partial charge in [-0.1, -0.05) is 12.5 Å². The van der Waals surface area contributed by atoms with Gasteiger partial charge in [0.05, 0.1) is 6.54 Å². The van der Waals surface area contributed by atoms with Gasteiger partial charge in [0.25, 0.3) is 10.0 Å². The Morgan fingerprint density at radius 1 is 1.15 bits per heavy atom. The van der Waals surface area contributed by atoms with Crippen LogP contribution in [0.25, 0.3) is 0 Å². The average Bonchev–Trinajstić information content (AvgIpc) is 3.10. The van der Waals surface area contributed by atoms with Gasteiger partial charge in [-0.15, -0.1) is 11.3 Å². The lowest BCUT2D eigenvalue weighted by molar-refractivity contribution is 0.347. The lowest BCUT2D eigenvalue weighted by Gasteiger charge is -2.25. The maximum atomic E-state index is 12.7. The molecule has 0 saturated carbocycles. The fraction of sp³-hybridized carbons (Fsp3) is 0.421. The third-order valence-corrected chi connectivity index (χ3v) is 7.88. The number of guanidine groups is 1. The van der Waals surface area contributed by atoms with E-state index >= 15 is 0 Å². The molecule has 0 unspecified atom stereocenters. The van der Waals surface area contributed by atoms with E-state index < -0.39 is 10.0 Å². The number of piperidine rings is 1. The summed E-state index contributed by atoms with van der Waals surface area (Å²) in [5, 5.41) is 3.09. The molecule has 0 spiro atoms. The molecular formula is C19H26N4O2S2. The van der Waals surface area contributed by atoms with Gasteiger partial charge in [0, 0.05) is 23.7 Å². The molecule has 0 bridgehead atoms. The first-order valence-corrected chi connectivity index (χ1v) is 11.3. The first kappa shape index (κ1) is 19.9. The van der Waals surface area contributed by atoms with Gasteiger partial charge in [-0.3, -0.25) is 0 Å². The standard InChI is InChI=1S/C19H26N4O2S2/c1-14-10-15(2)12-16(11-14)22-19(20)21-13-17-6-7-18(26-17)27(24,25)23-8-4-3-5-9-23/h6-7,10-12H,3-5,8-9,13H2,1-2H3,(H3,20,21,22). The third-order valence-electron chi connectivity index (χ3n) is 4.45. The van der Waals surface area contributed by atoms with Crippen LogP contribution >= 0.6 is 11.3 Å². The highest BCUT2D eigenvalue weighted by atomic mass is 32.2. The van der Waals surface area contributed by atoms with Gasteiger partial charge in [-0.05, 0) is 62.1 Å². The second-order valence-corrected chi connectivity index (χ2v) is 10.2. The van der Waals surface area contributed by atoms with Gasteiger partial charge in [0.1, 0.15) is 4.21 Å². The number of nitrogens with two attached hydrogens (primary N) is 1. The lowest BCUT2D eigenvalue weighted by atomic mass is 10.1. The minimum absolute atomic E-state index is 0.314. The number of rotatable bonds is 5. The van der Waals surface area contributed by atoms with E-state index in [-0.39, 0.29) is 0 Å². The summed E-state index contributed by atoms with van der Waals surface area (Å²) >= 11 is 1.27. The molecule has 146 valence electrons. The molecule has 0 radical (unpaired) electrons. The number of hydrogen-bond donors (Lipinski definition) is 2. The zero-order valence-corrected chi connectivity index (χ0v) is 17.4. The summed E-state index contributed by atoms with van der Waals surface area (Å²) in [5.41, 5.74) is 9.18. The lowest BCUT2D eigenvalue weighted by Crippen LogP contribution is -2.35. The summed E-state index contributed by atoms with van der Waals surface area (Å²) in [4.78, 5) is 5.21. The van der Waals surface area contributed by atoms with Crippen LogP contribution in [0.2, 0.25) is 0 Å². The number of thiophene rings is 1. The van der Waals surface area contributed by atoms with E-state index in [9.17, 15) is 8.42 Å². The number of nitrogens with zero attached hydrogens (tertiary/aromatic N) is 2. The van der Waals surface area contributed by atoms with Crippen molar-refractivity contribution in [2.75, 3.05) is 18.4 Å². The van der Waals surface area contributed by atoms with Crippen LogP contribution in [0.1, 0.15) is 35.3 Å². The van der Waals surface area contributed by atoms with Crippen molar-refractivity contribution in [3.8, 4) is 0 Å². The second-order valence-electron chi connectivity index (χ2n) is 6.89. The molecule has 6 nitrogen and oxygen atoms in total. The maximum Gasteiger partial charge on any atom is 0.252 e. The van der Waals surface area contributed by atoms with Crippen molar-refractivity contribution >= 4 is 33.0 Å². The van der Waals surface area contributed by atoms with Crippen LogP contribution in [0.5, 0.6) is 0 Å². The van der Waals surface area contributed by atoms with Gasteiger partial charge in [0.2, 0.25) is 0 Å². The quantitative estimate of drug-likeness (QED) is 0.588. The largest absolute Gasteiger partial charge is 0.370 e. The van der Waals surface area contributed by atoms with E-state index in [1.54, 1.807) is 10.4 Å². The number of anilines is 1. The Morgan fingerprint density at radius 2 is 1.81 bits per heavy atom. The summed E-state index contributed by atoms with van der Waals surface area (Å²) in [6.45, 7) is 5.63. The molecule has 3 N–H and O–H groups in total. The Kier molecular flexibility index (Phi) is 6.18. The number of nitrogens with one attached hydrogen (secondary N) is 1. The van der Waals surface area contributed by atoms with Crippen molar-refractivity contribution in [3.63, 3.8) is 0 Å². The molecule has 1 aromatic heterocycles. The van der Waals surface area contributed by atoms with E-state index in [2.05, 4.69) is 16.4 Å². The summed E-state index contributed by atoms with van der Waals surface area (Å²) in [7, 11) is -3.38. The smallest absolute Gasteiger partial charge is 0.252 e. The molecule has 2 heterocycles. The Balaban J connectivity index is 1.65. The Labute approximate surface area is 165 Å². The SMILES string of the molecule is Cc1cc(C)cc(NC(N)=NCc2ccc(S(=O)(=O)N3CCCCC3)s2)c1. The van der Waals surface area contributed by atoms with Crippen molar-refractivity contribution in [3.05, 3.63) is 46.3 Å². The molecule has 1 aliphatic heterocycles. The van der Waals surface area contributed by atoms with E-state index in [4.69, 9.17) is 5.73 Å². The van der Waals surface area contributed by atoms with Gasteiger partial charge in [0.15, 0.2) is 5.96 Å². The maximum absolute atomic E-state index is 12.7. The van der Waals surface area contributed by atoms with Crippen molar-refractivity contribution in [1.29, 1.82) is 0 Å². The molecular weight excluding hydrogens is 380 g/mol. The van der Waals surface area contributed by atoms with E-state index in [0.29, 0.717) is 29.8 Å². The molecule has 2 aromatic rings. The van der Waals surface area contributed by atoms with Crippen molar-refractivity contribution in [2.45, 2.75) is 43.9 Å². The van der Waals surface area contributed by atoms with Gasteiger partial charge in [-0.25, -0.2) is 13.4 Å². The van der Waals surface area contributed by atoms with Crippen molar-refractivity contribution in [2.24, 2.45) is 10.7 Å². The van der Waals surface area contributed by atoms with Crippen LogP contribution in [0.3, 0.4) is 0 Å². The second kappa shape index (κ2) is 8.41. The molecule has 1 aliphatic rings. The molecule has 27 heavy (non-hydrogen) atoms. The molecule has 8 heteroatoms. The molecule has 1 fully saturated rings. The molecule has 0 aliphatic carbocycles. The van der Waals surface area contributed by atoms with Crippen molar-refractivity contribution < 1.29 is 8.42 Å². The summed E-state index contributed by atoms with van der Waals surface area (Å²) in [5.74, 6) is 0.314. The first-order chi connectivity index (χ1) is 12.8. The highest BCUT2D eigenvalue weighted by molar-refractivity contribution is 7.91. The summed E-state index contributed by atoms with van der Waals surface area (Å²) < 4.78 is 27.4. The zero-order chi connectivity index (χ0) is 19.4. The molecule has 1 saturated heterocycles. The van der Waals surface area contributed by atoms with Crippen LogP contribution in [0.4, 0.5) is 5.69 Å². The number of aryl methyl sites for hydroxylation is 2. The predicted molar refractivity (Wildman–Crippen MR) is 112 cm³/mol. The minimum atomic E-state index is -3.38. The minimum Gasteiger partial charge on any atom is -0.370 e. The highest BCUT2D eigenvalue weighted by Gasteiger charge is 2.27. The number of hydrogen-bond acceptors (Lipinski definition) is 4. The van der Waals surface area contributed by atoms with Crippen LogP contribution < -0.4 is 11.1 Å². The zero-order valence-electron chi connectivity index (χ0n) is 15.7. The number of sulfonamides is 1. The van der Waals surface area contributed by atoms with E-state index in [1.165, 1.54) is 11.3 Å². The predicted octanol–water partition coefficient (Wildman–Crippen LogP) is 3.47. The van der Waals surface area contributed by atoms with E-state index in [0.717, 1.165) is 41.0 Å². The molecule has 0 amide bonds. The number of benzene rings is 1.